The Morgan fingerprint density at radius 2 is 1.81 bits per heavy atom. The van der Waals surface area contributed by atoms with Crippen LogP contribution in [0.25, 0.3) is 0 Å². The van der Waals surface area contributed by atoms with Gasteiger partial charge in [0.05, 0.1) is 6.61 Å². The van der Waals surface area contributed by atoms with Crippen LogP contribution in [0.4, 0.5) is 0 Å². The van der Waals surface area contributed by atoms with E-state index in [1.165, 1.54) is 25.7 Å². The SMILES string of the molecule is CCOCCC1(CNC(=NC)NCC2(CCO)CCOC2)CCCC1.I. The number of aliphatic hydroxyl groups is 1. The first-order valence-electron chi connectivity index (χ1n) is 9.88. The number of ether oxygens (including phenoxy) is 2. The number of rotatable bonds is 10. The van der Waals surface area contributed by atoms with Crippen LogP contribution in [0, 0.1) is 10.8 Å². The Labute approximate surface area is 175 Å². The fraction of sp³-hybridized carbons (Fsp3) is 0.947. The smallest absolute Gasteiger partial charge is 0.191 e. The maximum atomic E-state index is 9.36. The summed E-state index contributed by atoms with van der Waals surface area (Å²) in [4.78, 5) is 4.39. The second kappa shape index (κ2) is 12.4. The first-order chi connectivity index (χ1) is 12.2. The van der Waals surface area contributed by atoms with Gasteiger partial charge in [-0.1, -0.05) is 12.8 Å². The Balaban J connectivity index is 0.00000338. The third kappa shape index (κ3) is 7.13. The van der Waals surface area contributed by atoms with Crippen LogP contribution >= 0.6 is 24.0 Å². The molecule has 154 valence electrons. The maximum Gasteiger partial charge on any atom is 0.191 e. The zero-order chi connectivity index (χ0) is 18.0. The van der Waals surface area contributed by atoms with Gasteiger partial charge in [-0.15, -0.1) is 24.0 Å². The summed E-state index contributed by atoms with van der Waals surface area (Å²) >= 11 is 0. The molecule has 0 amide bonds. The third-order valence-electron chi connectivity index (χ3n) is 5.96. The van der Waals surface area contributed by atoms with E-state index in [9.17, 15) is 5.11 Å². The van der Waals surface area contributed by atoms with Crippen molar-refractivity contribution in [1.29, 1.82) is 0 Å². The van der Waals surface area contributed by atoms with Crippen LogP contribution in [0.15, 0.2) is 4.99 Å². The Morgan fingerprint density at radius 3 is 2.35 bits per heavy atom. The molecule has 2 rings (SSSR count). The highest BCUT2D eigenvalue weighted by Crippen LogP contribution is 2.40. The fourth-order valence-corrected chi connectivity index (χ4v) is 4.15. The molecule has 1 unspecified atom stereocenters. The highest BCUT2D eigenvalue weighted by Gasteiger charge is 2.35. The highest BCUT2D eigenvalue weighted by molar-refractivity contribution is 14.0. The predicted molar refractivity (Wildman–Crippen MR) is 116 cm³/mol. The molecule has 2 fully saturated rings. The molecular formula is C19H38IN3O3. The molecule has 1 saturated heterocycles. The van der Waals surface area contributed by atoms with E-state index in [1.54, 1.807) is 0 Å². The average Bonchev–Trinajstić information content (AvgIpc) is 3.27. The van der Waals surface area contributed by atoms with Crippen molar-refractivity contribution in [3.63, 3.8) is 0 Å². The molecule has 0 aromatic carbocycles. The quantitative estimate of drug-likeness (QED) is 0.193. The molecule has 26 heavy (non-hydrogen) atoms. The Bertz CT molecular complexity index is 409. The molecule has 1 aliphatic carbocycles. The predicted octanol–water partition coefficient (Wildman–Crippen LogP) is 2.55. The third-order valence-corrected chi connectivity index (χ3v) is 5.96. The first kappa shape index (κ1) is 23.9. The van der Waals surface area contributed by atoms with Gasteiger partial charge in [-0.25, -0.2) is 0 Å². The molecule has 0 bridgehead atoms. The standard InChI is InChI=1S/C19H37N3O3.HI/c1-3-24-12-9-18(6-4-5-7-18)14-21-17(20-2)22-15-19(8-11-23)10-13-25-16-19;/h23H,3-16H2,1-2H3,(H2,20,21,22);1H. The van der Waals surface area contributed by atoms with Crippen molar-refractivity contribution in [1.82, 2.24) is 10.6 Å². The van der Waals surface area contributed by atoms with Crippen molar-refractivity contribution in [2.24, 2.45) is 15.8 Å². The molecule has 3 N–H and O–H groups in total. The zero-order valence-corrected chi connectivity index (χ0v) is 18.8. The number of guanidine groups is 1. The van der Waals surface area contributed by atoms with Crippen LogP contribution in [-0.2, 0) is 9.47 Å². The molecule has 0 radical (unpaired) electrons. The van der Waals surface area contributed by atoms with E-state index in [0.717, 1.165) is 64.7 Å². The molecule has 6 nitrogen and oxygen atoms in total. The summed E-state index contributed by atoms with van der Waals surface area (Å²) in [6.45, 7) is 7.15. The van der Waals surface area contributed by atoms with Gasteiger partial charge in [0, 0.05) is 52.0 Å². The summed E-state index contributed by atoms with van der Waals surface area (Å²) in [7, 11) is 1.82. The van der Waals surface area contributed by atoms with Crippen LogP contribution in [0.3, 0.4) is 0 Å². The normalized spacial score (nSPS) is 25.1. The number of hydrogen-bond donors (Lipinski definition) is 3. The molecule has 0 spiro atoms. The lowest BCUT2D eigenvalue weighted by Gasteiger charge is -2.31. The molecule has 1 aliphatic heterocycles. The van der Waals surface area contributed by atoms with Gasteiger partial charge in [-0.2, -0.15) is 0 Å². The van der Waals surface area contributed by atoms with E-state index in [4.69, 9.17) is 9.47 Å². The number of aliphatic hydroxyl groups excluding tert-OH is 1. The van der Waals surface area contributed by atoms with E-state index < -0.39 is 0 Å². The number of halogens is 1. The first-order valence-corrected chi connectivity index (χ1v) is 9.88. The highest BCUT2D eigenvalue weighted by atomic mass is 127. The molecule has 2 aliphatic rings. The monoisotopic (exact) mass is 483 g/mol. The van der Waals surface area contributed by atoms with Gasteiger partial charge in [0.25, 0.3) is 0 Å². The topological polar surface area (TPSA) is 75.1 Å². The summed E-state index contributed by atoms with van der Waals surface area (Å²) in [6, 6.07) is 0. The van der Waals surface area contributed by atoms with Crippen LogP contribution in [0.5, 0.6) is 0 Å². The van der Waals surface area contributed by atoms with Gasteiger partial charge in [-0.3, -0.25) is 4.99 Å². The van der Waals surface area contributed by atoms with Crippen LogP contribution in [-0.4, -0.2) is 64.2 Å². The summed E-state index contributed by atoms with van der Waals surface area (Å²) < 4.78 is 11.2. The Kier molecular flexibility index (Phi) is 11.4. The molecule has 1 atom stereocenters. The second-order valence-corrected chi connectivity index (χ2v) is 7.71. The van der Waals surface area contributed by atoms with Crippen molar-refractivity contribution in [3.8, 4) is 0 Å². The van der Waals surface area contributed by atoms with Gasteiger partial charge < -0.3 is 25.2 Å². The minimum absolute atomic E-state index is 0. The lowest BCUT2D eigenvalue weighted by molar-refractivity contribution is 0.105. The maximum absolute atomic E-state index is 9.36. The molecule has 0 aromatic heterocycles. The van der Waals surface area contributed by atoms with Crippen molar-refractivity contribution in [2.75, 3.05) is 53.2 Å². The average molecular weight is 483 g/mol. The largest absolute Gasteiger partial charge is 0.396 e. The van der Waals surface area contributed by atoms with Gasteiger partial charge >= 0.3 is 0 Å². The van der Waals surface area contributed by atoms with Crippen LogP contribution in [0.1, 0.15) is 51.9 Å². The van der Waals surface area contributed by atoms with E-state index in [0.29, 0.717) is 5.41 Å². The zero-order valence-electron chi connectivity index (χ0n) is 16.5. The molecule has 0 aromatic rings. The summed E-state index contributed by atoms with van der Waals surface area (Å²) in [5, 5.41) is 16.4. The summed E-state index contributed by atoms with van der Waals surface area (Å²) in [6.07, 6.45) is 8.06. The summed E-state index contributed by atoms with van der Waals surface area (Å²) in [5.74, 6) is 0.854. The van der Waals surface area contributed by atoms with Crippen LogP contribution < -0.4 is 10.6 Å². The van der Waals surface area contributed by atoms with E-state index >= 15 is 0 Å². The van der Waals surface area contributed by atoms with Crippen molar-refractivity contribution < 1.29 is 14.6 Å². The lowest BCUT2D eigenvalue weighted by Crippen LogP contribution is -2.47. The molecular weight excluding hydrogens is 445 g/mol. The molecule has 1 heterocycles. The van der Waals surface area contributed by atoms with E-state index in [2.05, 4.69) is 22.5 Å². The Morgan fingerprint density at radius 1 is 1.12 bits per heavy atom. The van der Waals surface area contributed by atoms with Crippen molar-refractivity contribution in [2.45, 2.75) is 51.9 Å². The van der Waals surface area contributed by atoms with Crippen molar-refractivity contribution in [3.05, 3.63) is 0 Å². The van der Waals surface area contributed by atoms with Gasteiger partial charge in [0.15, 0.2) is 5.96 Å². The minimum Gasteiger partial charge on any atom is -0.396 e. The van der Waals surface area contributed by atoms with Crippen LogP contribution in [0.2, 0.25) is 0 Å². The number of aliphatic imine (C=N–C) groups is 1. The number of nitrogens with one attached hydrogen (secondary N) is 2. The lowest BCUT2D eigenvalue weighted by atomic mass is 9.83. The van der Waals surface area contributed by atoms with Gasteiger partial charge in [0.2, 0.25) is 0 Å². The molecule has 1 saturated carbocycles. The Hall–Kier alpha value is -0.120. The van der Waals surface area contributed by atoms with E-state index in [1.807, 2.05) is 7.05 Å². The second-order valence-electron chi connectivity index (χ2n) is 7.71. The number of nitrogens with zero attached hydrogens (tertiary/aromatic N) is 1. The van der Waals surface area contributed by atoms with Gasteiger partial charge in [-0.05, 0) is 44.4 Å². The van der Waals surface area contributed by atoms with Crippen molar-refractivity contribution >= 4 is 29.9 Å². The minimum atomic E-state index is 0. The fourth-order valence-electron chi connectivity index (χ4n) is 4.15. The molecule has 7 heteroatoms. The van der Waals surface area contributed by atoms with Gasteiger partial charge in [0.1, 0.15) is 0 Å². The number of hydrogen-bond acceptors (Lipinski definition) is 4. The summed E-state index contributed by atoms with van der Waals surface area (Å²) in [5.41, 5.74) is 0.373. The van der Waals surface area contributed by atoms with E-state index in [-0.39, 0.29) is 36.0 Å².